The first-order valence-electron chi connectivity index (χ1n) is 7.72. The van der Waals surface area contributed by atoms with E-state index in [1.54, 1.807) is 0 Å². The number of carbonyl (C=O) groups excluding carboxylic acids is 1. The summed E-state index contributed by atoms with van der Waals surface area (Å²) in [6, 6.07) is 0.0331. The average Bonchev–Trinajstić information content (AvgIpc) is 3.18. The van der Waals surface area contributed by atoms with Gasteiger partial charge >= 0.3 is 0 Å². The molecule has 0 aromatic carbocycles. The van der Waals surface area contributed by atoms with Gasteiger partial charge < -0.3 is 15.4 Å². The summed E-state index contributed by atoms with van der Waals surface area (Å²) in [5.74, 6) is 2.52. The van der Waals surface area contributed by atoms with Crippen LogP contribution in [0.15, 0.2) is 0 Å². The monoisotopic (exact) mass is 299 g/mol. The smallest absolute Gasteiger partial charge is 0.237 e. The standard InChI is InChI=1S/C14H25N3O2S/c18-13(12-2-1-4-15-12)16-10-14(3-9-20-11-14)17-5-7-19-8-6-17/h12,15H,1-11H2,(H,16,18). The van der Waals surface area contributed by atoms with Gasteiger partial charge in [0.15, 0.2) is 0 Å². The van der Waals surface area contributed by atoms with Crippen LogP contribution in [0.3, 0.4) is 0 Å². The highest BCUT2D eigenvalue weighted by Gasteiger charge is 2.41. The minimum absolute atomic E-state index is 0.0331. The van der Waals surface area contributed by atoms with Crippen LogP contribution in [0.5, 0.6) is 0 Å². The van der Waals surface area contributed by atoms with Gasteiger partial charge in [0.2, 0.25) is 5.91 Å². The lowest BCUT2D eigenvalue weighted by Crippen LogP contribution is -2.60. The van der Waals surface area contributed by atoms with Crippen molar-refractivity contribution in [2.45, 2.75) is 30.8 Å². The Morgan fingerprint density at radius 3 is 2.95 bits per heavy atom. The van der Waals surface area contributed by atoms with Crippen molar-refractivity contribution in [1.82, 2.24) is 15.5 Å². The molecule has 0 saturated carbocycles. The van der Waals surface area contributed by atoms with Crippen LogP contribution in [0, 0.1) is 0 Å². The second-order valence-electron chi connectivity index (χ2n) is 5.99. The second kappa shape index (κ2) is 6.64. The summed E-state index contributed by atoms with van der Waals surface area (Å²) in [7, 11) is 0. The Balaban J connectivity index is 1.57. The van der Waals surface area contributed by atoms with Gasteiger partial charge in [-0.15, -0.1) is 0 Å². The fraction of sp³-hybridized carbons (Fsp3) is 0.929. The van der Waals surface area contributed by atoms with Gasteiger partial charge in [0.1, 0.15) is 0 Å². The third kappa shape index (κ3) is 3.13. The zero-order valence-electron chi connectivity index (χ0n) is 12.0. The SMILES string of the molecule is O=C(NCC1(N2CCOCC2)CCSC1)C1CCCN1. The molecule has 3 fully saturated rings. The van der Waals surface area contributed by atoms with Crippen LogP contribution in [-0.4, -0.2) is 73.3 Å². The molecule has 0 aromatic heterocycles. The van der Waals surface area contributed by atoms with Crippen LogP contribution in [0.2, 0.25) is 0 Å². The molecule has 3 saturated heterocycles. The highest BCUT2D eigenvalue weighted by atomic mass is 32.2. The first-order chi connectivity index (χ1) is 9.80. The number of morpholine rings is 1. The quantitative estimate of drug-likeness (QED) is 0.769. The zero-order chi connectivity index (χ0) is 13.8. The van der Waals surface area contributed by atoms with E-state index in [9.17, 15) is 4.79 Å². The van der Waals surface area contributed by atoms with Crippen LogP contribution < -0.4 is 10.6 Å². The topological polar surface area (TPSA) is 53.6 Å². The molecule has 0 radical (unpaired) electrons. The lowest BCUT2D eigenvalue weighted by atomic mass is 9.95. The Labute approximate surface area is 125 Å². The van der Waals surface area contributed by atoms with Crippen LogP contribution in [-0.2, 0) is 9.53 Å². The maximum absolute atomic E-state index is 12.2. The van der Waals surface area contributed by atoms with Crippen LogP contribution >= 0.6 is 11.8 Å². The van der Waals surface area contributed by atoms with Gasteiger partial charge in [-0.25, -0.2) is 0 Å². The van der Waals surface area contributed by atoms with E-state index >= 15 is 0 Å². The molecule has 0 spiro atoms. The van der Waals surface area contributed by atoms with Gasteiger partial charge in [0.05, 0.1) is 19.3 Å². The lowest BCUT2D eigenvalue weighted by molar-refractivity contribution is -0.123. The van der Waals surface area contributed by atoms with Crippen molar-refractivity contribution in [3.8, 4) is 0 Å². The Morgan fingerprint density at radius 2 is 2.30 bits per heavy atom. The number of nitrogens with zero attached hydrogens (tertiary/aromatic N) is 1. The summed E-state index contributed by atoms with van der Waals surface area (Å²) in [5.41, 5.74) is 0.155. The minimum atomic E-state index is 0.0331. The number of ether oxygens (including phenoxy) is 1. The Hall–Kier alpha value is -0.300. The number of amides is 1. The Bertz CT molecular complexity index is 335. The predicted molar refractivity (Wildman–Crippen MR) is 81.1 cm³/mol. The number of carbonyl (C=O) groups is 1. The fourth-order valence-electron chi connectivity index (χ4n) is 3.42. The first-order valence-corrected chi connectivity index (χ1v) is 8.87. The average molecular weight is 299 g/mol. The van der Waals surface area contributed by atoms with Crippen molar-refractivity contribution in [2.75, 3.05) is 50.9 Å². The summed E-state index contributed by atoms with van der Waals surface area (Å²) >= 11 is 2.01. The summed E-state index contributed by atoms with van der Waals surface area (Å²) in [6.07, 6.45) is 3.27. The molecule has 20 heavy (non-hydrogen) atoms. The Morgan fingerprint density at radius 1 is 1.45 bits per heavy atom. The molecule has 6 heteroatoms. The van der Waals surface area contributed by atoms with Crippen molar-refractivity contribution in [3.63, 3.8) is 0 Å². The molecule has 2 N–H and O–H groups in total. The van der Waals surface area contributed by atoms with Gasteiger partial charge in [-0.1, -0.05) is 0 Å². The highest BCUT2D eigenvalue weighted by Crippen LogP contribution is 2.33. The zero-order valence-corrected chi connectivity index (χ0v) is 12.8. The Kier molecular flexibility index (Phi) is 4.86. The van der Waals surface area contributed by atoms with Gasteiger partial charge in [-0.3, -0.25) is 9.69 Å². The fourth-order valence-corrected chi connectivity index (χ4v) is 4.90. The molecule has 1 amide bonds. The number of thioether (sulfide) groups is 1. The largest absolute Gasteiger partial charge is 0.379 e. The van der Waals surface area contributed by atoms with Gasteiger partial charge in [0.25, 0.3) is 0 Å². The van der Waals surface area contributed by atoms with E-state index in [-0.39, 0.29) is 17.5 Å². The molecule has 0 bridgehead atoms. The molecule has 3 aliphatic heterocycles. The van der Waals surface area contributed by atoms with Gasteiger partial charge in [-0.2, -0.15) is 11.8 Å². The molecule has 3 rings (SSSR count). The third-order valence-corrected chi connectivity index (χ3v) is 5.97. The number of rotatable bonds is 4. The predicted octanol–water partition coefficient (Wildman–Crippen LogP) is 0.0625. The maximum Gasteiger partial charge on any atom is 0.237 e. The van der Waals surface area contributed by atoms with Crippen molar-refractivity contribution < 1.29 is 9.53 Å². The number of hydrogen-bond donors (Lipinski definition) is 2. The molecule has 2 atom stereocenters. The third-order valence-electron chi connectivity index (χ3n) is 4.73. The summed E-state index contributed by atoms with van der Waals surface area (Å²) < 4.78 is 5.47. The summed E-state index contributed by atoms with van der Waals surface area (Å²) in [4.78, 5) is 14.7. The molecular weight excluding hydrogens is 274 g/mol. The number of hydrogen-bond acceptors (Lipinski definition) is 5. The number of nitrogens with one attached hydrogen (secondary N) is 2. The molecule has 0 aliphatic carbocycles. The van der Waals surface area contributed by atoms with E-state index in [0.29, 0.717) is 0 Å². The normalized spacial score (nSPS) is 35.3. The van der Waals surface area contributed by atoms with E-state index in [0.717, 1.165) is 58.0 Å². The molecule has 0 aromatic rings. The van der Waals surface area contributed by atoms with Crippen molar-refractivity contribution in [2.24, 2.45) is 0 Å². The minimum Gasteiger partial charge on any atom is -0.379 e. The lowest BCUT2D eigenvalue weighted by Gasteiger charge is -2.43. The van der Waals surface area contributed by atoms with Crippen molar-refractivity contribution in [1.29, 1.82) is 0 Å². The first kappa shape index (κ1) is 14.6. The van der Waals surface area contributed by atoms with E-state index in [1.165, 1.54) is 12.2 Å². The van der Waals surface area contributed by atoms with E-state index in [1.807, 2.05) is 11.8 Å². The van der Waals surface area contributed by atoms with E-state index < -0.39 is 0 Å². The molecular formula is C14H25N3O2S. The highest BCUT2D eigenvalue weighted by molar-refractivity contribution is 7.99. The van der Waals surface area contributed by atoms with Crippen LogP contribution in [0.4, 0.5) is 0 Å². The van der Waals surface area contributed by atoms with E-state index in [2.05, 4.69) is 15.5 Å². The maximum atomic E-state index is 12.2. The van der Waals surface area contributed by atoms with E-state index in [4.69, 9.17) is 4.74 Å². The van der Waals surface area contributed by atoms with Gasteiger partial charge in [0, 0.05) is 30.9 Å². The second-order valence-corrected chi connectivity index (χ2v) is 7.10. The van der Waals surface area contributed by atoms with Crippen LogP contribution in [0.1, 0.15) is 19.3 Å². The van der Waals surface area contributed by atoms with Crippen LogP contribution in [0.25, 0.3) is 0 Å². The van der Waals surface area contributed by atoms with Crippen molar-refractivity contribution in [3.05, 3.63) is 0 Å². The molecule has 5 nitrogen and oxygen atoms in total. The summed E-state index contributed by atoms with van der Waals surface area (Å²) in [5, 5.41) is 6.48. The van der Waals surface area contributed by atoms with Gasteiger partial charge in [-0.05, 0) is 31.6 Å². The van der Waals surface area contributed by atoms with Crippen molar-refractivity contribution >= 4 is 17.7 Å². The summed E-state index contributed by atoms with van der Waals surface area (Å²) in [6.45, 7) is 5.41. The molecule has 114 valence electrons. The molecule has 2 unspecified atom stereocenters. The molecule has 3 aliphatic rings. The molecule has 3 heterocycles.